The predicted octanol–water partition coefficient (Wildman–Crippen LogP) is 5.00. The van der Waals surface area contributed by atoms with Gasteiger partial charge in [-0.25, -0.2) is 0 Å². The van der Waals surface area contributed by atoms with Gasteiger partial charge in [-0.15, -0.1) is 0 Å². The normalized spacial score (nSPS) is 12.5. The molecule has 0 spiro atoms. The molecular formula is C14H12Cl3N. The van der Waals surface area contributed by atoms with E-state index in [0.717, 1.165) is 16.7 Å². The molecule has 0 amide bonds. The zero-order chi connectivity index (χ0) is 13.3. The molecule has 0 saturated heterocycles. The lowest BCUT2D eigenvalue weighted by atomic mass is 9.98. The zero-order valence-electron chi connectivity index (χ0n) is 9.75. The molecule has 0 radical (unpaired) electrons. The molecule has 0 heterocycles. The number of benzene rings is 2. The summed E-state index contributed by atoms with van der Waals surface area (Å²) in [6, 6.07) is 10.7. The van der Waals surface area contributed by atoms with Crippen molar-refractivity contribution in [2.75, 3.05) is 0 Å². The Morgan fingerprint density at radius 3 is 2.33 bits per heavy atom. The number of hydrogen-bond donors (Lipinski definition) is 1. The molecule has 18 heavy (non-hydrogen) atoms. The van der Waals surface area contributed by atoms with Gasteiger partial charge in [0.2, 0.25) is 0 Å². The van der Waals surface area contributed by atoms with E-state index < -0.39 is 0 Å². The van der Waals surface area contributed by atoms with Crippen LogP contribution in [-0.2, 0) is 0 Å². The molecule has 0 saturated carbocycles. The number of nitrogens with two attached hydrogens (primary N) is 1. The van der Waals surface area contributed by atoms with Crippen LogP contribution >= 0.6 is 34.8 Å². The third kappa shape index (κ3) is 2.99. The minimum Gasteiger partial charge on any atom is -0.320 e. The van der Waals surface area contributed by atoms with Crippen molar-refractivity contribution in [2.24, 2.45) is 5.73 Å². The van der Waals surface area contributed by atoms with Gasteiger partial charge in [-0.1, -0.05) is 40.9 Å². The van der Waals surface area contributed by atoms with Gasteiger partial charge in [-0.3, -0.25) is 0 Å². The van der Waals surface area contributed by atoms with Crippen LogP contribution in [0.1, 0.15) is 22.7 Å². The summed E-state index contributed by atoms with van der Waals surface area (Å²) in [6.07, 6.45) is 0. The molecule has 2 aromatic carbocycles. The maximum absolute atomic E-state index is 6.22. The third-order valence-electron chi connectivity index (χ3n) is 2.72. The molecule has 2 rings (SSSR count). The second-order valence-electron chi connectivity index (χ2n) is 4.21. The van der Waals surface area contributed by atoms with E-state index in [-0.39, 0.29) is 6.04 Å². The summed E-state index contributed by atoms with van der Waals surface area (Å²) in [5, 5.41) is 1.88. The SMILES string of the molecule is Cc1cc(Cl)cc(C(N)c2cc(Cl)ccc2Cl)c1. The van der Waals surface area contributed by atoms with Gasteiger partial charge in [0, 0.05) is 15.1 Å². The molecule has 0 bridgehead atoms. The Labute approximate surface area is 121 Å². The Morgan fingerprint density at radius 2 is 1.67 bits per heavy atom. The predicted molar refractivity (Wildman–Crippen MR) is 78.7 cm³/mol. The van der Waals surface area contributed by atoms with E-state index in [9.17, 15) is 0 Å². The second kappa shape index (κ2) is 5.50. The standard InChI is InChI=1S/C14H12Cl3N/c1-8-4-9(6-11(16)5-8)14(18)12-7-10(15)2-3-13(12)17/h2-7,14H,18H2,1H3. The van der Waals surface area contributed by atoms with Crippen LogP contribution in [0.4, 0.5) is 0 Å². The lowest BCUT2D eigenvalue weighted by Gasteiger charge is -2.15. The molecule has 1 nitrogen and oxygen atoms in total. The highest BCUT2D eigenvalue weighted by atomic mass is 35.5. The maximum Gasteiger partial charge on any atom is 0.0567 e. The van der Waals surface area contributed by atoms with Crippen LogP contribution < -0.4 is 5.73 Å². The van der Waals surface area contributed by atoms with E-state index in [2.05, 4.69) is 0 Å². The Balaban J connectivity index is 2.47. The van der Waals surface area contributed by atoms with Crippen LogP contribution in [0.25, 0.3) is 0 Å². The van der Waals surface area contributed by atoms with E-state index in [4.69, 9.17) is 40.5 Å². The van der Waals surface area contributed by atoms with Gasteiger partial charge in [0.05, 0.1) is 6.04 Å². The Bertz CT molecular complexity index is 561. The highest BCUT2D eigenvalue weighted by Gasteiger charge is 2.14. The Hall–Kier alpha value is -0.730. The van der Waals surface area contributed by atoms with E-state index >= 15 is 0 Å². The molecule has 1 atom stereocenters. The minimum absolute atomic E-state index is 0.339. The van der Waals surface area contributed by atoms with Gasteiger partial charge in [-0.2, -0.15) is 0 Å². The van der Waals surface area contributed by atoms with E-state index in [0.29, 0.717) is 15.1 Å². The summed E-state index contributed by atoms with van der Waals surface area (Å²) in [5.41, 5.74) is 9.00. The van der Waals surface area contributed by atoms with Gasteiger partial charge >= 0.3 is 0 Å². The van der Waals surface area contributed by atoms with Crippen LogP contribution in [0.2, 0.25) is 15.1 Å². The molecule has 0 fully saturated rings. The van der Waals surface area contributed by atoms with Crippen LogP contribution in [0.15, 0.2) is 36.4 Å². The topological polar surface area (TPSA) is 26.0 Å². The highest BCUT2D eigenvalue weighted by Crippen LogP contribution is 2.30. The Morgan fingerprint density at radius 1 is 0.944 bits per heavy atom. The molecule has 94 valence electrons. The van der Waals surface area contributed by atoms with Gasteiger partial charge < -0.3 is 5.73 Å². The second-order valence-corrected chi connectivity index (χ2v) is 5.49. The van der Waals surface area contributed by atoms with Crippen LogP contribution in [0.5, 0.6) is 0 Å². The Kier molecular flexibility index (Phi) is 4.18. The summed E-state index contributed by atoms with van der Waals surface area (Å²) >= 11 is 18.2. The molecule has 1 unspecified atom stereocenters. The fourth-order valence-corrected chi connectivity index (χ4v) is 2.59. The maximum atomic E-state index is 6.22. The third-order valence-corrected chi connectivity index (χ3v) is 3.51. The molecular weight excluding hydrogens is 289 g/mol. The number of hydrogen-bond acceptors (Lipinski definition) is 1. The fraction of sp³-hybridized carbons (Fsp3) is 0.143. The quantitative estimate of drug-likeness (QED) is 0.829. The molecule has 4 heteroatoms. The van der Waals surface area contributed by atoms with Crippen LogP contribution in [-0.4, -0.2) is 0 Å². The largest absolute Gasteiger partial charge is 0.320 e. The summed E-state index contributed by atoms with van der Waals surface area (Å²) in [7, 11) is 0. The number of rotatable bonds is 2. The van der Waals surface area contributed by atoms with E-state index in [1.165, 1.54) is 0 Å². The monoisotopic (exact) mass is 299 g/mol. The molecule has 2 aromatic rings. The van der Waals surface area contributed by atoms with Crippen molar-refractivity contribution < 1.29 is 0 Å². The van der Waals surface area contributed by atoms with E-state index in [1.54, 1.807) is 18.2 Å². The first-order valence-electron chi connectivity index (χ1n) is 5.45. The lowest BCUT2D eigenvalue weighted by molar-refractivity contribution is 0.870. The van der Waals surface area contributed by atoms with Gasteiger partial charge in [0.15, 0.2) is 0 Å². The summed E-state index contributed by atoms with van der Waals surface area (Å²) in [4.78, 5) is 0. The first kappa shape index (κ1) is 13.7. The molecule has 0 aliphatic heterocycles. The summed E-state index contributed by atoms with van der Waals surface area (Å²) in [5.74, 6) is 0. The minimum atomic E-state index is -0.339. The average molecular weight is 301 g/mol. The summed E-state index contributed by atoms with van der Waals surface area (Å²) < 4.78 is 0. The van der Waals surface area contributed by atoms with Gasteiger partial charge in [-0.05, 0) is 53.9 Å². The smallest absolute Gasteiger partial charge is 0.0567 e. The lowest BCUT2D eigenvalue weighted by Crippen LogP contribution is -2.12. The average Bonchev–Trinajstić information content (AvgIpc) is 2.30. The first-order chi connectivity index (χ1) is 8.47. The van der Waals surface area contributed by atoms with Crippen molar-refractivity contribution in [1.82, 2.24) is 0 Å². The van der Waals surface area contributed by atoms with Crippen LogP contribution in [0, 0.1) is 6.92 Å². The van der Waals surface area contributed by atoms with Crippen molar-refractivity contribution in [2.45, 2.75) is 13.0 Å². The highest BCUT2D eigenvalue weighted by molar-refractivity contribution is 6.33. The van der Waals surface area contributed by atoms with Crippen molar-refractivity contribution in [3.05, 3.63) is 68.2 Å². The van der Waals surface area contributed by atoms with Crippen molar-refractivity contribution in [3.63, 3.8) is 0 Å². The van der Waals surface area contributed by atoms with Crippen molar-refractivity contribution >= 4 is 34.8 Å². The first-order valence-corrected chi connectivity index (χ1v) is 6.58. The van der Waals surface area contributed by atoms with Gasteiger partial charge in [0.1, 0.15) is 0 Å². The van der Waals surface area contributed by atoms with Crippen LogP contribution in [0.3, 0.4) is 0 Å². The van der Waals surface area contributed by atoms with E-state index in [1.807, 2.05) is 25.1 Å². The molecule has 0 aliphatic rings. The van der Waals surface area contributed by atoms with Gasteiger partial charge in [0.25, 0.3) is 0 Å². The fourth-order valence-electron chi connectivity index (χ4n) is 1.88. The van der Waals surface area contributed by atoms with Crippen molar-refractivity contribution in [1.29, 1.82) is 0 Å². The molecule has 2 N–H and O–H groups in total. The zero-order valence-corrected chi connectivity index (χ0v) is 12.0. The summed E-state index contributed by atoms with van der Waals surface area (Å²) in [6.45, 7) is 1.97. The van der Waals surface area contributed by atoms with Crippen molar-refractivity contribution in [3.8, 4) is 0 Å². The number of halogens is 3. The number of aryl methyl sites for hydroxylation is 1. The molecule has 0 aliphatic carbocycles. The molecule has 0 aromatic heterocycles.